The van der Waals surface area contributed by atoms with E-state index in [0.717, 1.165) is 37.5 Å². The van der Waals surface area contributed by atoms with Crippen LogP contribution in [-0.2, 0) is 4.79 Å². The summed E-state index contributed by atoms with van der Waals surface area (Å²) in [5.41, 5.74) is 1.63. The molecule has 0 bridgehead atoms. The molecule has 7 atom stereocenters. The van der Waals surface area contributed by atoms with Gasteiger partial charge in [0.25, 0.3) is 0 Å². The van der Waals surface area contributed by atoms with Crippen LogP contribution in [0.3, 0.4) is 0 Å². The van der Waals surface area contributed by atoms with Crippen LogP contribution < -0.4 is 0 Å². The fourth-order valence-corrected chi connectivity index (χ4v) is 6.56. The zero-order valence-corrected chi connectivity index (χ0v) is 13.3. The summed E-state index contributed by atoms with van der Waals surface area (Å²) in [6.45, 7) is 4.73. The Morgan fingerprint density at radius 3 is 2.86 bits per heavy atom. The van der Waals surface area contributed by atoms with Gasteiger partial charge in [0.2, 0.25) is 0 Å². The molecule has 21 heavy (non-hydrogen) atoms. The Kier molecular flexibility index (Phi) is 3.12. The van der Waals surface area contributed by atoms with Crippen LogP contribution in [0.2, 0.25) is 0 Å². The highest BCUT2D eigenvalue weighted by Crippen LogP contribution is 2.62. The number of allylic oxidation sites excluding steroid dienone is 1. The predicted octanol–water partition coefficient (Wildman–Crippen LogP) is 3.74. The summed E-state index contributed by atoms with van der Waals surface area (Å²) < 4.78 is 0. The van der Waals surface area contributed by atoms with Crippen LogP contribution in [0.25, 0.3) is 0 Å². The molecule has 3 saturated carbocycles. The standard InChI is InChI=1S/C19H28O2/c1-11-9-12-10-13(20)3-4-14(12)15-7-8-19(2)16(18(11)15)5-6-17(19)21/h10-11,14-18,21H,3-9H2,1-2H3/t11-,14-,15-,16+,17?,18+,19-/m0/s1. The lowest BCUT2D eigenvalue weighted by atomic mass is 9.49. The molecule has 116 valence electrons. The Bertz CT molecular complexity index is 494. The third-order valence-corrected chi connectivity index (χ3v) is 7.59. The van der Waals surface area contributed by atoms with Gasteiger partial charge in [0.1, 0.15) is 0 Å². The number of carbonyl (C=O) groups is 1. The van der Waals surface area contributed by atoms with Gasteiger partial charge in [-0.2, -0.15) is 0 Å². The van der Waals surface area contributed by atoms with E-state index in [1.807, 2.05) is 6.08 Å². The molecule has 0 aromatic heterocycles. The van der Waals surface area contributed by atoms with Gasteiger partial charge in [-0.05, 0) is 79.6 Å². The Labute approximate surface area is 128 Å². The monoisotopic (exact) mass is 288 g/mol. The first-order valence-electron chi connectivity index (χ1n) is 8.92. The van der Waals surface area contributed by atoms with Crippen LogP contribution in [-0.4, -0.2) is 17.0 Å². The van der Waals surface area contributed by atoms with E-state index in [-0.39, 0.29) is 11.5 Å². The van der Waals surface area contributed by atoms with Gasteiger partial charge in [0, 0.05) is 6.42 Å². The lowest BCUT2D eigenvalue weighted by Gasteiger charge is -2.55. The van der Waals surface area contributed by atoms with Crippen LogP contribution >= 0.6 is 0 Å². The summed E-state index contributed by atoms with van der Waals surface area (Å²) >= 11 is 0. The van der Waals surface area contributed by atoms with Crippen LogP contribution in [0, 0.1) is 35.0 Å². The number of hydrogen-bond donors (Lipinski definition) is 1. The van der Waals surface area contributed by atoms with Gasteiger partial charge in [-0.15, -0.1) is 0 Å². The van der Waals surface area contributed by atoms with Crippen molar-refractivity contribution in [1.82, 2.24) is 0 Å². The molecule has 0 amide bonds. The first-order valence-corrected chi connectivity index (χ1v) is 8.92. The minimum atomic E-state index is -0.0828. The molecule has 2 nitrogen and oxygen atoms in total. The fourth-order valence-electron chi connectivity index (χ4n) is 6.56. The smallest absolute Gasteiger partial charge is 0.155 e. The van der Waals surface area contributed by atoms with Gasteiger partial charge in [0.05, 0.1) is 6.10 Å². The van der Waals surface area contributed by atoms with Gasteiger partial charge in [-0.25, -0.2) is 0 Å². The van der Waals surface area contributed by atoms with E-state index in [9.17, 15) is 9.90 Å². The Morgan fingerprint density at radius 2 is 2.05 bits per heavy atom. The Balaban J connectivity index is 1.68. The number of ketones is 1. The molecule has 4 aliphatic rings. The highest BCUT2D eigenvalue weighted by atomic mass is 16.3. The maximum Gasteiger partial charge on any atom is 0.155 e. The molecule has 0 heterocycles. The minimum absolute atomic E-state index is 0.0828. The topological polar surface area (TPSA) is 37.3 Å². The summed E-state index contributed by atoms with van der Waals surface area (Å²) in [4.78, 5) is 11.8. The van der Waals surface area contributed by atoms with E-state index >= 15 is 0 Å². The van der Waals surface area contributed by atoms with E-state index in [0.29, 0.717) is 23.5 Å². The third-order valence-electron chi connectivity index (χ3n) is 7.59. The van der Waals surface area contributed by atoms with Crippen molar-refractivity contribution in [3.63, 3.8) is 0 Å². The second kappa shape index (κ2) is 4.68. The molecule has 0 aliphatic heterocycles. The van der Waals surface area contributed by atoms with Crippen LogP contribution in [0.1, 0.15) is 58.8 Å². The molecular formula is C19H28O2. The van der Waals surface area contributed by atoms with Crippen LogP contribution in [0.4, 0.5) is 0 Å². The SMILES string of the molecule is C[C@H]1CC2=CC(=O)CC[C@@H]2[C@@H]2CC[C@]3(C)C(O)CC[C@@H]3[C@@H]21. The molecule has 4 aliphatic carbocycles. The average Bonchev–Trinajstić information content (AvgIpc) is 2.74. The van der Waals surface area contributed by atoms with Crippen LogP contribution in [0.15, 0.2) is 11.6 Å². The van der Waals surface area contributed by atoms with Gasteiger partial charge < -0.3 is 5.11 Å². The zero-order chi connectivity index (χ0) is 14.8. The summed E-state index contributed by atoms with van der Waals surface area (Å²) in [5.74, 6) is 3.96. The van der Waals surface area contributed by atoms with Crippen molar-refractivity contribution in [2.75, 3.05) is 0 Å². The molecule has 0 aromatic rings. The molecule has 0 saturated heterocycles. The number of hydrogen-bond acceptors (Lipinski definition) is 2. The number of rotatable bonds is 0. The number of aliphatic hydroxyl groups excluding tert-OH is 1. The second-order valence-corrected chi connectivity index (χ2v) is 8.50. The summed E-state index contributed by atoms with van der Waals surface area (Å²) in [7, 11) is 0. The average molecular weight is 288 g/mol. The molecule has 1 N–H and O–H groups in total. The van der Waals surface area contributed by atoms with Gasteiger partial charge in [-0.3, -0.25) is 4.79 Å². The minimum Gasteiger partial charge on any atom is -0.393 e. The molecule has 3 fully saturated rings. The molecule has 0 spiro atoms. The van der Waals surface area contributed by atoms with Crippen molar-refractivity contribution in [2.24, 2.45) is 35.0 Å². The van der Waals surface area contributed by atoms with E-state index in [4.69, 9.17) is 0 Å². The second-order valence-electron chi connectivity index (χ2n) is 8.50. The number of aliphatic hydroxyl groups is 1. The Morgan fingerprint density at radius 1 is 1.24 bits per heavy atom. The molecule has 4 rings (SSSR count). The molecule has 1 unspecified atom stereocenters. The third kappa shape index (κ3) is 1.91. The first kappa shape index (κ1) is 14.0. The van der Waals surface area contributed by atoms with E-state index in [2.05, 4.69) is 13.8 Å². The van der Waals surface area contributed by atoms with Gasteiger partial charge in [-0.1, -0.05) is 19.4 Å². The lowest BCUT2D eigenvalue weighted by Crippen LogP contribution is -2.50. The van der Waals surface area contributed by atoms with Crippen molar-refractivity contribution in [1.29, 1.82) is 0 Å². The molecule has 2 heteroatoms. The van der Waals surface area contributed by atoms with Crippen molar-refractivity contribution in [3.8, 4) is 0 Å². The van der Waals surface area contributed by atoms with Crippen molar-refractivity contribution in [3.05, 3.63) is 11.6 Å². The Hall–Kier alpha value is -0.630. The quantitative estimate of drug-likeness (QED) is 0.737. The predicted molar refractivity (Wildman–Crippen MR) is 82.6 cm³/mol. The molecule has 0 radical (unpaired) electrons. The zero-order valence-electron chi connectivity index (χ0n) is 13.3. The summed E-state index contributed by atoms with van der Waals surface area (Å²) in [6.07, 6.45) is 9.54. The van der Waals surface area contributed by atoms with Gasteiger partial charge >= 0.3 is 0 Å². The summed E-state index contributed by atoms with van der Waals surface area (Å²) in [5, 5.41) is 10.5. The first-order chi connectivity index (χ1) is 10.0. The maximum atomic E-state index is 11.8. The van der Waals surface area contributed by atoms with Crippen molar-refractivity contribution < 1.29 is 9.90 Å². The largest absolute Gasteiger partial charge is 0.393 e. The number of fused-ring (bicyclic) bond motifs is 5. The normalized spacial score (nSPS) is 52.7. The fraction of sp³-hybridized carbons (Fsp3) is 0.842. The van der Waals surface area contributed by atoms with E-state index in [1.54, 1.807) is 0 Å². The van der Waals surface area contributed by atoms with Crippen molar-refractivity contribution in [2.45, 2.75) is 64.9 Å². The van der Waals surface area contributed by atoms with Gasteiger partial charge in [0.15, 0.2) is 5.78 Å². The highest BCUT2D eigenvalue weighted by Gasteiger charge is 2.57. The van der Waals surface area contributed by atoms with Crippen molar-refractivity contribution >= 4 is 5.78 Å². The summed E-state index contributed by atoms with van der Waals surface area (Å²) in [6, 6.07) is 0. The van der Waals surface area contributed by atoms with Crippen LogP contribution in [0.5, 0.6) is 0 Å². The lowest BCUT2D eigenvalue weighted by molar-refractivity contribution is -0.116. The highest BCUT2D eigenvalue weighted by molar-refractivity contribution is 5.91. The number of carbonyl (C=O) groups excluding carboxylic acids is 1. The molecule has 0 aromatic carbocycles. The van der Waals surface area contributed by atoms with E-state index in [1.165, 1.54) is 24.8 Å². The maximum absolute atomic E-state index is 11.8. The molecular weight excluding hydrogens is 260 g/mol. The van der Waals surface area contributed by atoms with E-state index < -0.39 is 0 Å².